The molecule has 0 saturated heterocycles. The van der Waals surface area contributed by atoms with Crippen molar-refractivity contribution in [1.29, 1.82) is 0 Å². The molecule has 3 heterocycles. The van der Waals surface area contributed by atoms with Crippen LogP contribution < -0.4 is 10.9 Å². The van der Waals surface area contributed by atoms with E-state index >= 15 is 0 Å². The van der Waals surface area contributed by atoms with Crippen molar-refractivity contribution in [1.82, 2.24) is 9.38 Å². The zero-order valence-corrected chi connectivity index (χ0v) is 19.9. The van der Waals surface area contributed by atoms with Gasteiger partial charge in [0.05, 0.1) is 5.69 Å². The molecule has 1 amide bonds. The Bertz CT molecular complexity index is 1430. The highest BCUT2D eigenvalue weighted by atomic mass is 32.1. The normalized spacial score (nSPS) is 10.8. The first kappa shape index (κ1) is 22.6. The van der Waals surface area contributed by atoms with Crippen molar-refractivity contribution in [3.05, 3.63) is 86.1 Å². The van der Waals surface area contributed by atoms with Crippen LogP contribution in [0.5, 0.6) is 0 Å². The molecule has 3 aromatic heterocycles. The number of benzene rings is 1. The Kier molecular flexibility index (Phi) is 6.52. The van der Waals surface area contributed by atoms with E-state index in [4.69, 9.17) is 4.74 Å². The van der Waals surface area contributed by atoms with E-state index in [0.717, 1.165) is 16.8 Å². The van der Waals surface area contributed by atoms with Crippen LogP contribution in [0.15, 0.2) is 63.6 Å². The summed E-state index contributed by atoms with van der Waals surface area (Å²) in [6, 6.07) is 10.8. The second kappa shape index (κ2) is 9.51. The first-order chi connectivity index (χ1) is 15.8. The Labute approximate surface area is 198 Å². The number of thiazole rings is 1. The van der Waals surface area contributed by atoms with Gasteiger partial charge in [-0.25, -0.2) is 9.78 Å². The van der Waals surface area contributed by atoms with Crippen molar-refractivity contribution < 1.29 is 14.3 Å². The minimum atomic E-state index is -0.605. The number of allylic oxidation sites excluding steroid dienone is 1. The van der Waals surface area contributed by atoms with Gasteiger partial charge >= 0.3 is 5.97 Å². The van der Waals surface area contributed by atoms with E-state index in [0.29, 0.717) is 21.2 Å². The maximum absolute atomic E-state index is 13.2. The number of thiophene rings is 1. The number of aromatic nitrogens is 2. The smallest absolute Gasteiger partial charge is 0.342 e. The van der Waals surface area contributed by atoms with Crippen LogP contribution in [0.25, 0.3) is 16.1 Å². The zero-order chi connectivity index (χ0) is 23.5. The summed E-state index contributed by atoms with van der Waals surface area (Å²) in [5, 5.41) is 6.84. The lowest BCUT2D eigenvalue weighted by Crippen LogP contribution is -2.17. The number of hydrogen-bond donors (Lipinski definition) is 1. The second-order valence-corrected chi connectivity index (χ2v) is 9.30. The SMILES string of the molecule is CC(C)=CC(=O)Nc1scc(-c2ccccc2)c1C(=O)OCc1cc(=O)n2c(C)csc2n1. The van der Waals surface area contributed by atoms with Crippen molar-refractivity contribution in [2.75, 3.05) is 5.32 Å². The fourth-order valence-corrected chi connectivity index (χ4v) is 5.13. The topological polar surface area (TPSA) is 89.8 Å². The van der Waals surface area contributed by atoms with Crippen LogP contribution in [-0.2, 0) is 16.1 Å². The minimum absolute atomic E-state index is 0.160. The maximum atomic E-state index is 13.2. The van der Waals surface area contributed by atoms with Gasteiger partial charge in [0, 0.05) is 34.2 Å². The molecule has 168 valence electrons. The molecule has 0 radical (unpaired) electrons. The number of anilines is 1. The number of aryl methyl sites for hydroxylation is 1. The second-order valence-electron chi connectivity index (χ2n) is 7.59. The van der Waals surface area contributed by atoms with E-state index in [-0.39, 0.29) is 23.6 Å². The molecule has 0 aliphatic carbocycles. The lowest BCUT2D eigenvalue weighted by Gasteiger charge is -2.09. The summed E-state index contributed by atoms with van der Waals surface area (Å²) in [6.07, 6.45) is 1.46. The van der Waals surface area contributed by atoms with Crippen molar-refractivity contribution in [2.45, 2.75) is 27.4 Å². The van der Waals surface area contributed by atoms with Crippen LogP contribution in [0.2, 0.25) is 0 Å². The number of carbonyl (C=O) groups is 2. The average molecular weight is 480 g/mol. The van der Waals surface area contributed by atoms with E-state index in [1.165, 1.54) is 39.2 Å². The highest BCUT2D eigenvalue weighted by Gasteiger charge is 2.23. The average Bonchev–Trinajstić information content (AvgIpc) is 3.36. The van der Waals surface area contributed by atoms with Gasteiger partial charge < -0.3 is 10.1 Å². The van der Waals surface area contributed by atoms with Crippen molar-refractivity contribution in [2.24, 2.45) is 0 Å². The maximum Gasteiger partial charge on any atom is 0.342 e. The predicted molar refractivity (Wildman–Crippen MR) is 131 cm³/mol. The van der Waals surface area contributed by atoms with E-state index in [1.807, 2.05) is 61.9 Å². The first-order valence-corrected chi connectivity index (χ1v) is 11.9. The van der Waals surface area contributed by atoms with Crippen LogP contribution in [0, 0.1) is 6.92 Å². The number of nitrogens with zero attached hydrogens (tertiary/aromatic N) is 2. The van der Waals surface area contributed by atoms with Crippen LogP contribution in [0.1, 0.15) is 35.6 Å². The van der Waals surface area contributed by atoms with Crippen LogP contribution in [0.3, 0.4) is 0 Å². The summed E-state index contributed by atoms with van der Waals surface area (Å²) in [6.45, 7) is 5.31. The minimum Gasteiger partial charge on any atom is -0.455 e. The van der Waals surface area contributed by atoms with Gasteiger partial charge in [-0.3, -0.25) is 14.0 Å². The molecule has 9 heteroatoms. The Morgan fingerprint density at radius 1 is 1.15 bits per heavy atom. The summed E-state index contributed by atoms with van der Waals surface area (Å²) in [7, 11) is 0. The van der Waals surface area contributed by atoms with Gasteiger partial charge in [0.1, 0.15) is 17.2 Å². The molecule has 0 saturated carbocycles. The molecule has 33 heavy (non-hydrogen) atoms. The number of esters is 1. The third-order valence-corrected chi connectivity index (χ3v) is 6.56. The first-order valence-electron chi connectivity index (χ1n) is 10.1. The van der Waals surface area contributed by atoms with Gasteiger partial charge in [0.25, 0.3) is 5.56 Å². The molecule has 4 rings (SSSR count). The van der Waals surface area contributed by atoms with Gasteiger partial charge in [-0.1, -0.05) is 35.9 Å². The lowest BCUT2D eigenvalue weighted by atomic mass is 10.0. The fraction of sp³-hybridized carbons (Fsp3) is 0.167. The van der Waals surface area contributed by atoms with Crippen LogP contribution in [0.4, 0.5) is 5.00 Å². The number of rotatable bonds is 6. The fourth-order valence-electron chi connectivity index (χ4n) is 3.28. The summed E-state index contributed by atoms with van der Waals surface area (Å²) >= 11 is 2.60. The standard InChI is InChI=1S/C24H21N3O4S2/c1-14(2)9-19(28)26-22-21(18(13-32-22)16-7-5-4-6-8-16)23(30)31-11-17-10-20(29)27-15(3)12-33-24(27)25-17/h4-10,12-13H,11H2,1-3H3,(H,26,28). The van der Waals surface area contributed by atoms with E-state index in [9.17, 15) is 14.4 Å². The summed E-state index contributed by atoms with van der Waals surface area (Å²) in [4.78, 5) is 42.8. The van der Waals surface area contributed by atoms with E-state index in [2.05, 4.69) is 10.3 Å². The van der Waals surface area contributed by atoms with Gasteiger partial charge in [-0.15, -0.1) is 22.7 Å². The van der Waals surface area contributed by atoms with Crippen molar-refractivity contribution in [3.8, 4) is 11.1 Å². The third-order valence-electron chi connectivity index (χ3n) is 4.72. The molecule has 0 atom stereocenters. The Hall–Kier alpha value is -3.56. The highest BCUT2D eigenvalue weighted by Crippen LogP contribution is 2.36. The lowest BCUT2D eigenvalue weighted by molar-refractivity contribution is -0.111. The molecular weight excluding hydrogens is 458 g/mol. The largest absolute Gasteiger partial charge is 0.455 e. The summed E-state index contributed by atoms with van der Waals surface area (Å²) in [5.74, 6) is -0.925. The summed E-state index contributed by atoms with van der Waals surface area (Å²) in [5.41, 5.74) is 3.55. The van der Waals surface area contributed by atoms with Gasteiger partial charge in [0.2, 0.25) is 5.91 Å². The Morgan fingerprint density at radius 3 is 2.64 bits per heavy atom. The number of carbonyl (C=O) groups excluding carboxylic acids is 2. The Morgan fingerprint density at radius 2 is 1.91 bits per heavy atom. The molecule has 0 unspecified atom stereocenters. The predicted octanol–water partition coefficient (Wildman–Crippen LogP) is 5.05. The number of ether oxygens (including phenoxy) is 1. The number of nitrogens with one attached hydrogen (secondary N) is 1. The van der Waals surface area contributed by atoms with E-state index < -0.39 is 5.97 Å². The van der Waals surface area contributed by atoms with E-state index in [1.54, 1.807) is 0 Å². The molecule has 7 nitrogen and oxygen atoms in total. The monoisotopic (exact) mass is 479 g/mol. The molecular formula is C24H21N3O4S2. The molecule has 1 N–H and O–H groups in total. The van der Waals surface area contributed by atoms with Crippen molar-refractivity contribution in [3.63, 3.8) is 0 Å². The molecule has 0 aliphatic heterocycles. The summed E-state index contributed by atoms with van der Waals surface area (Å²) < 4.78 is 7.06. The molecule has 0 spiro atoms. The number of fused-ring (bicyclic) bond motifs is 1. The molecule has 4 aromatic rings. The van der Waals surface area contributed by atoms with Crippen LogP contribution in [-0.4, -0.2) is 21.3 Å². The van der Waals surface area contributed by atoms with Gasteiger partial charge in [-0.2, -0.15) is 0 Å². The molecule has 0 fully saturated rings. The molecule has 1 aromatic carbocycles. The third kappa shape index (κ3) is 4.94. The van der Waals surface area contributed by atoms with Gasteiger partial charge in [-0.05, 0) is 26.3 Å². The van der Waals surface area contributed by atoms with Crippen LogP contribution >= 0.6 is 22.7 Å². The zero-order valence-electron chi connectivity index (χ0n) is 18.2. The quantitative estimate of drug-likeness (QED) is 0.309. The Balaban J connectivity index is 1.64. The molecule has 0 bridgehead atoms. The molecule has 0 aliphatic rings. The van der Waals surface area contributed by atoms with Crippen molar-refractivity contribution >= 4 is 44.5 Å². The number of amides is 1. The number of hydrogen-bond acceptors (Lipinski definition) is 7. The highest BCUT2D eigenvalue weighted by molar-refractivity contribution is 7.15. The van der Waals surface area contributed by atoms with Gasteiger partial charge in [0.15, 0.2) is 4.96 Å².